The van der Waals surface area contributed by atoms with Crippen LogP contribution < -0.4 is 20.1 Å². The van der Waals surface area contributed by atoms with Crippen molar-refractivity contribution < 1.29 is 19.1 Å². The van der Waals surface area contributed by atoms with E-state index in [1.54, 1.807) is 11.3 Å². The van der Waals surface area contributed by atoms with Crippen LogP contribution in [-0.2, 0) is 9.59 Å². The van der Waals surface area contributed by atoms with Crippen molar-refractivity contribution in [3.8, 4) is 22.6 Å². The van der Waals surface area contributed by atoms with Gasteiger partial charge in [-0.1, -0.05) is 40.9 Å². The van der Waals surface area contributed by atoms with Gasteiger partial charge >= 0.3 is 0 Å². The average Bonchev–Trinajstić information content (AvgIpc) is 3.44. The number of amides is 2. The van der Waals surface area contributed by atoms with E-state index >= 15 is 0 Å². The summed E-state index contributed by atoms with van der Waals surface area (Å²) < 4.78 is 11.4. The number of fused-ring (bicyclic) bond motifs is 2. The monoisotopic (exact) mass is 586 g/mol. The lowest BCUT2D eigenvalue weighted by molar-refractivity contribution is -0.119. The van der Waals surface area contributed by atoms with Gasteiger partial charge in [0.25, 0.3) is 11.8 Å². The third kappa shape index (κ3) is 9.10. The van der Waals surface area contributed by atoms with Gasteiger partial charge in [-0.25, -0.2) is 0 Å². The highest BCUT2D eigenvalue weighted by Gasteiger charge is 2.16. The maximum atomic E-state index is 11.2. The lowest BCUT2D eigenvalue weighted by atomic mass is 10.1. The summed E-state index contributed by atoms with van der Waals surface area (Å²) in [6, 6.07) is 13.4. The van der Waals surface area contributed by atoms with Crippen LogP contribution in [0.3, 0.4) is 0 Å². The summed E-state index contributed by atoms with van der Waals surface area (Å²) in [5, 5.41) is 9.62. The van der Waals surface area contributed by atoms with E-state index < -0.39 is 0 Å². The molecule has 0 fully saturated rings. The fourth-order valence-corrected chi connectivity index (χ4v) is 3.95. The van der Waals surface area contributed by atoms with Gasteiger partial charge in [-0.15, -0.1) is 0 Å². The van der Waals surface area contributed by atoms with Gasteiger partial charge in [-0.2, -0.15) is 11.3 Å². The summed E-state index contributed by atoms with van der Waals surface area (Å²) in [4.78, 5) is 22.1. The smallest absolute Gasteiger partial charge is 0.262 e. The molecule has 0 saturated carbocycles. The first-order valence-electron chi connectivity index (χ1n) is 10.6. The number of nitrogens with one attached hydrogen (secondary N) is 2. The largest absolute Gasteiger partial charge is 0.482 e. The summed E-state index contributed by atoms with van der Waals surface area (Å²) in [6.45, 7) is 6.74. The van der Waals surface area contributed by atoms with Gasteiger partial charge in [0.2, 0.25) is 0 Å². The van der Waals surface area contributed by atoms with E-state index in [0.29, 0.717) is 0 Å². The molecule has 5 rings (SSSR count). The zero-order chi connectivity index (χ0) is 26.5. The number of hydrogen-bond donors (Lipinski definition) is 2. The Kier molecular flexibility index (Phi) is 12.0. The Bertz CT molecular complexity index is 1540. The van der Waals surface area contributed by atoms with Crippen LogP contribution in [-0.4, -0.2) is 25.0 Å². The molecule has 0 atom stereocenters. The lowest BCUT2D eigenvalue weighted by Gasteiger charge is -2.18. The van der Waals surface area contributed by atoms with E-state index in [2.05, 4.69) is 91.3 Å². The van der Waals surface area contributed by atoms with Crippen molar-refractivity contribution in [1.29, 1.82) is 0 Å². The minimum atomic E-state index is -0.111. The number of carbonyl (C=O) groups excluding carboxylic acids is 2. The molecule has 0 bridgehead atoms. The highest BCUT2D eigenvalue weighted by atomic mass is 79.9. The Hall–Kier alpha value is -4.64. The molecule has 8 heteroatoms. The van der Waals surface area contributed by atoms with Crippen molar-refractivity contribution in [2.75, 3.05) is 23.8 Å². The molecule has 0 unspecified atom stereocenters. The molecule has 3 heterocycles. The fraction of sp³-hybridized carbons (Fsp3) is 0.100. The van der Waals surface area contributed by atoms with Crippen LogP contribution in [0.4, 0.5) is 11.4 Å². The number of thiophene rings is 1. The van der Waals surface area contributed by atoms with Crippen molar-refractivity contribution in [3.63, 3.8) is 0 Å². The van der Waals surface area contributed by atoms with Crippen LogP contribution in [0.5, 0.6) is 11.5 Å². The highest BCUT2D eigenvalue weighted by Crippen LogP contribution is 2.33. The molecule has 2 amide bonds. The second-order valence-corrected chi connectivity index (χ2v) is 8.71. The number of halogens is 1. The van der Waals surface area contributed by atoms with Gasteiger partial charge in [0.1, 0.15) is 11.5 Å². The van der Waals surface area contributed by atoms with Gasteiger partial charge in [0.15, 0.2) is 13.2 Å². The predicted octanol–water partition coefficient (Wildman–Crippen LogP) is 7.05. The molecule has 190 valence electrons. The summed E-state index contributed by atoms with van der Waals surface area (Å²) in [5.41, 5.74) is 20.7. The van der Waals surface area contributed by atoms with E-state index in [1.165, 1.54) is 0 Å². The molecule has 2 aliphatic heterocycles. The number of benzene rings is 2. The second kappa shape index (κ2) is 15.5. The van der Waals surface area contributed by atoms with E-state index in [4.69, 9.17) is 9.47 Å². The molecule has 3 aromatic rings. The summed E-state index contributed by atoms with van der Waals surface area (Å²) in [6.07, 6.45) is 0. The third-order valence-electron chi connectivity index (χ3n) is 4.47. The minimum Gasteiger partial charge on any atom is -0.482 e. The molecule has 2 aromatic carbocycles. The van der Waals surface area contributed by atoms with Crippen LogP contribution in [0.15, 0.2) is 111 Å². The molecule has 6 nitrogen and oxygen atoms in total. The van der Waals surface area contributed by atoms with E-state index in [-0.39, 0.29) is 32.5 Å². The molecule has 0 aliphatic carbocycles. The predicted molar refractivity (Wildman–Crippen MR) is 155 cm³/mol. The standard InChI is InChI=1S/C12H9NO2S.C9H4.C8H6BrNO2.CH4/c14-12-6-15-11-2-1-8(5-10(11)13-12)9-3-4-16-7-9;1-3-5-7-9-8-6-4-2;9-5-1-2-7-6(3-5)10-8(11)4-12-7;/h1-5,7H,6H2,(H,13,14);1-2H2;1-3H,4H2,(H,10,11);1H4. The van der Waals surface area contributed by atoms with E-state index in [0.717, 1.165) is 38.5 Å². The average molecular weight is 587 g/mol. The fourth-order valence-electron chi connectivity index (χ4n) is 2.93. The number of anilines is 2. The summed E-state index contributed by atoms with van der Waals surface area (Å²) in [5.74, 6) is 1.24. The molecule has 0 radical (unpaired) electrons. The maximum Gasteiger partial charge on any atom is 0.262 e. The molecule has 2 N–H and O–H groups in total. The first-order chi connectivity index (χ1) is 18.0. The van der Waals surface area contributed by atoms with Crippen molar-refractivity contribution >= 4 is 50.5 Å². The molecule has 2 aliphatic rings. The van der Waals surface area contributed by atoms with Crippen LogP contribution in [0.2, 0.25) is 0 Å². The Morgan fingerprint density at radius 2 is 1.32 bits per heavy atom. The Balaban J connectivity index is 0.000000207. The first kappa shape index (κ1) is 29.6. The van der Waals surface area contributed by atoms with Crippen LogP contribution >= 0.6 is 27.3 Å². The zero-order valence-corrected chi connectivity index (χ0v) is 21.8. The van der Waals surface area contributed by atoms with Crippen LogP contribution in [0, 0.1) is 0 Å². The second-order valence-electron chi connectivity index (χ2n) is 7.02. The molecule has 0 saturated heterocycles. The lowest BCUT2D eigenvalue weighted by Crippen LogP contribution is -2.25. The van der Waals surface area contributed by atoms with Crippen molar-refractivity contribution in [1.82, 2.24) is 0 Å². The molecule has 1 aromatic heterocycles. The third-order valence-corrected chi connectivity index (χ3v) is 5.64. The van der Waals surface area contributed by atoms with Crippen molar-refractivity contribution in [2.24, 2.45) is 0 Å². The Morgan fingerprint density at radius 1 is 0.763 bits per heavy atom. The number of ether oxygens (including phenoxy) is 2. The number of hydrogen-bond acceptors (Lipinski definition) is 5. The number of carbonyl (C=O) groups is 2. The SMILES string of the molecule is C.C=C=C=C=C=C=C=C=C.O=C1COc2ccc(-c3ccsc3)cc2N1.O=C1COc2ccc(Br)cc2N1. The summed E-state index contributed by atoms with van der Waals surface area (Å²) >= 11 is 4.96. The molecular weight excluding hydrogens is 564 g/mol. The van der Waals surface area contributed by atoms with Crippen LogP contribution in [0.25, 0.3) is 11.1 Å². The molecular formula is C30H23BrN2O4S. The highest BCUT2D eigenvalue weighted by molar-refractivity contribution is 9.10. The molecule has 38 heavy (non-hydrogen) atoms. The van der Waals surface area contributed by atoms with E-state index in [9.17, 15) is 9.59 Å². The van der Waals surface area contributed by atoms with Gasteiger partial charge < -0.3 is 20.1 Å². The summed E-state index contributed by atoms with van der Waals surface area (Å²) in [7, 11) is 0. The van der Waals surface area contributed by atoms with Crippen molar-refractivity contribution in [2.45, 2.75) is 7.43 Å². The minimum absolute atomic E-state index is 0. The van der Waals surface area contributed by atoms with Crippen molar-refractivity contribution in [3.05, 3.63) is 111 Å². The molecule has 0 spiro atoms. The first-order valence-corrected chi connectivity index (χ1v) is 12.3. The quantitative estimate of drug-likeness (QED) is 0.299. The topological polar surface area (TPSA) is 76.7 Å². The van der Waals surface area contributed by atoms with E-state index in [1.807, 2.05) is 41.8 Å². The van der Waals surface area contributed by atoms with Gasteiger partial charge in [0.05, 0.1) is 11.4 Å². The Morgan fingerprint density at radius 3 is 1.87 bits per heavy atom. The van der Waals surface area contributed by atoms with Gasteiger partial charge in [-0.05, 0) is 100 Å². The number of rotatable bonds is 1. The van der Waals surface area contributed by atoms with Gasteiger partial charge in [-0.3, -0.25) is 9.59 Å². The Labute approximate surface area is 233 Å². The van der Waals surface area contributed by atoms with Crippen LogP contribution in [0.1, 0.15) is 7.43 Å². The normalized spacial score (nSPS) is 11.3. The zero-order valence-electron chi connectivity index (χ0n) is 19.4. The van der Waals surface area contributed by atoms with Gasteiger partial charge in [0, 0.05) is 4.47 Å². The maximum absolute atomic E-state index is 11.2.